The van der Waals surface area contributed by atoms with E-state index in [2.05, 4.69) is 25.1 Å². The van der Waals surface area contributed by atoms with Crippen LogP contribution in [-0.4, -0.2) is 32.0 Å². The molecule has 33 heavy (non-hydrogen) atoms. The highest BCUT2D eigenvalue weighted by Gasteiger charge is 2.31. The van der Waals surface area contributed by atoms with Crippen LogP contribution in [0.4, 0.5) is 19.1 Å². The molecule has 0 fully saturated rings. The lowest BCUT2D eigenvalue weighted by molar-refractivity contribution is -0.274. The maximum Gasteiger partial charge on any atom is 0.573 e. The van der Waals surface area contributed by atoms with Gasteiger partial charge in [0.05, 0.1) is 5.69 Å². The summed E-state index contributed by atoms with van der Waals surface area (Å²) in [6.45, 7) is 3.65. The Hall–Kier alpha value is -4.21. The Balaban J connectivity index is 1.74. The van der Waals surface area contributed by atoms with Gasteiger partial charge in [-0.25, -0.2) is 0 Å². The monoisotopic (exact) mass is 453 g/mol. The van der Waals surface area contributed by atoms with Gasteiger partial charge in [0, 0.05) is 11.8 Å². The lowest BCUT2D eigenvalue weighted by Gasteiger charge is -2.11. The van der Waals surface area contributed by atoms with Gasteiger partial charge in [0.15, 0.2) is 0 Å². The predicted molar refractivity (Wildman–Crippen MR) is 115 cm³/mol. The van der Waals surface area contributed by atoms with Gasteiger partial charge in [-0.2, -0.15) is 9.67 Å². The predicted octanol–water partition coefficient (Wildman–Crippen LogP) is 5.10. The average Bonchev–Trinajstić information content (AvgIpc) is 3.17. The Kier molecular flexibility index (Phi) is 5.82. The van der Waals surface area contributed by atoms with Crippen LogP contribution in [0, 0.1) is 13.8 Å². The van der Waals surface area contributed by atoms with Crippen LogP contribution in [0.15, 0.2) is 66.9 Å². The van der Waals surface area contributed by atoms with Crippen LogP contribution in [0.1, 0.15) is 21.5 Å². The van der Waals surface area contributed by atoms with Crippen LogP contribution in [0.5, 0.6) is 5.75 Å². The molecule has 0 bridgehead atoms. The summed E-state index contributed by atoms with van der Waals surface area (Å²) in [7, 11) is 0. The van der Waals surface area contributed by atoms with Gasteiger partial charge in [-0.05, 0) is 61.4 Å². The zero-order valence-corrected chi connectivity index (χ0v) is 17.6. The molecule has 0 saturated carbocycles. The molecule has 2 aromatic heterocycles. The van der Waals surface area contributed by atoms with E-state index in [4.69, 9.17) is 0 Å². The van der Waals surface area contributed by atoms with Gasteiger partial charge in [0.1, 0.15) is 11.4 Å². The molecule has 1 N–H and O–H groups in total. The summed E-state index contributed by atoms with van der Waals surface area (Å²) in [5.74, 6) is -0.433. The summed E-state index contributed by atoms with van der Waals surface area (Å²) in [5.41, 5.74) is 2.93. The smallest absolute Gasteiger partial charge is 0.406 e. The summed E-state index contributed by atoms with van der Waals surface area (Å²) in [6, 6.07) is 15.7. The van der Waals surface area contributed by atoms with E-state index in [-0.39, 0.29) is 17.5 Å². The van der Waals surface area contributed by atoms with Gasteiger partial charge in [0.2, 0.25) is 11.8 Å². The third kappa shape index (κ3) is 5.00. The van der Waals surface area contributed by atoms with E-state index < -0.39 is 12.3 Å². The second kappa shape index (κ2) is 8.73. The molecule has 10 heteroatoms. The number of aromatic nitrogens is 4. The highest BCUT2D eigenvalue weighted by molar-refractivity contribution is 6.04. The normalized spacial score (nSPS) is 11.3. The number of benzene rings is 2. The minimum Gasteiger partial charge on any atom is -0.406 e. The van der Waals surface area contributed by atoms with E-state index in [9.17, 15) is 18.0 Å². The van der Waals surface area contributed by atoms with Crippen molar-refractivity contribution in [3.63, 3.8) is 0 Å². The Morgan fingerprint density at radius 1 is 0.970 bits per heavy atom. The number of amides is 1. The van der Waals surface area contributed by atoms with E-state index in [0.29, 0.717) is 16.9 Å². The number of anilines is 1. The van der Waals surface area contributed by atoms with Crippen molar-refractivity contribution in [1.29, 1.82) is 0 Å². The van der Waals surface area contributed by atoms with Crippen LogP contribution in [0.3, 0.4) is 0 Å². The number of aryl methyl sites for hydroxylation is 2. The van der Waals surface area contributed by atoms with Gasteiger partial charge in [-0.1, -0.05) is 24.3 Å². The molecule has 0 saturated heterocycles. The van der Waals surface area contributed by atoms with E-state index in [1.54, 1.807) is 24.4 Å². The first kappa shape index (κ1) is 22.0. The highest BCUT2D eigenvalue weighted by Crippen LogP contribution is 2.26. The van der Waals surface area contributed by atoms with E-state index in [0.717, 1.165) is 23.3 Å². The van der Waals surface area contributed by atoms with Gasteiger partial charge < -0.3 is 4.74 Å². The Bertz CT molecular complexity index is 1300. The Labute approximate surface area is 186 Å². The molecule has 0 aliphatic carbocycles. The molecule has 1 amide bonds. The van der Waals surface area contributed by atoms with E-state index >= 15 is 0 Å². The Morgan fingerprint density at radius 3 is 2.33 bits per heavy atom. The summed E-state index contributed by atoms with van der Waals surface area (Å²) >= 11 is 0. The van der Waals surface area contributed by atoms with Crippen molar-refractivity contribution in [3.8, 4) is 23.0 Å². The van der Waals surface area contributed by atoms with Crippen molar-refractivity contribution >= 4 is 11.9 Å². The molecular weight excluding hydrogens is 435 g/mol. The number of halogens is 3. The molecule has 0 aliphatic heterocycles. The summed E-state index contributed by atoms with van der Waals surface area (Å²) in [4.78, 5) is 21.6. The number of nitrogens with one attached hydrogen (secondary N) is 1. The summed E-state index contributed by atoms with van der Waals surface area (Å²) in [6.07, 6.45) is -3.21. The molecule has 0 atom stereocenters. The summed E-state index contributed by atoms with van der Waals surface area (Å²) in [5, 5.41) is 7.19. The minimum atomic E-state index is -4.80. The van der Waals surface area contributed by atoms with Crippen LogP contribution < -0.4 is 10.1 Å². The topological polar surface area (TPSA) is 81.9 Å². The van der Waals surface area contributed by atoms with E-state index in [1.807, 2.05) is 32.0 Å². The molecule has 7 nitrogen and oxygen atoms in total. The second-order valence-corrected chi connectivity index (χ2v) is 7.15. The minimum absolute atomic E-state index is 0.0906. The SMILES string of the molecule is Cc1ccccc1C(=O)Nc1nc(-c2ncccc2C)nn1-c1ccc(OC(F)(F)F)cc1. The fourth-order valence-electron chi connectivity index (χ4n) is 3.18. The first-order valence-corrected chi connectivity index (χ1v) is 9.83. The van der Waals surface area contributed by atoms with Crippen LogP contribution in [0.2, 0.25) is 0 Å². The molecule has 4 aromatic rings. The third-order valence-electron chi connectivity index (χ3n) is 4.76. The standard InChI is InChI=1S/C23H18F3N5O2/c1-14-6-3-4-8-18(14)21(32)29-22-28-20(19-15(2)7-5-13-27-19)30-31(22)16-9-11-17(12-10-16)33-23(24,25)26/h3-13H,1-2H3,(H,28,29,30,32). The number of hydrogen-bond acceptors (Lipinski definition) is 5. The number of alkyl halides is 3. The molecule has 0 aliphatic rings. The maximum atomic E-state index is 12.9. The van der Waals surface area contributed by atoms with E-state index in [1.165, 1.54) is 16.8 Å². The van der Waals surface area contributed by atoms with Crippen molar-refractivity contribution in [2.24, 2.45) is 0 Å². The molecule has 0 spiro atoms. The van der Waals surface area contributed by atoms with Crippen molar-refractivity contribution < 1.29 is 22.7 Å². The number of ether oxygens (including phenoxy) is 1. The first-order valence-electron chi connectivity index (χ1n) is 9.83. The second-order valence-electron chi connectivity index (χ2n) is 7.15. The van der Waals surface area contributed by atoms with Crippen molar-refractivity contribution in [3.05, 3.63) is 83.6 Å². The molecule has 4 rings (SSSR count). The van der Waals surface area contributed by atoms with Gasteiger partial charge in [0.25, 0.3) is 5.91 Å². The van der Waals surface area contributed by atoms with Crippen LogP contribution in [0.25, 0.3) is 17.2 Å². The fourth-order valence-corrected chi connectivity index (χ4v) is 3.18. The molecule has 2 heterocycles. The number of carbonyl (C=O) groups is 1. The van der Waals surface area contributed by atoms with Crippen molar-refractivity contribution in [1.82, 2.24) is 19.7 Å². The highest BCUT2D eigenvalue weighted by atomic mass is 19.4. The van der Waals surface area contributed by atoms with Crippen molar-refractivity contribution in [2.75, 3.05) is 5.32 Å². The van der Waals surface area contributed by atoms with Gasteiger partial charge >= 0.3 is 6.36 Å². The maximum absolute atomic E-state index is 12.9. The molecular formula is C23H18F3N5O2. The quantitative estimate of drug-likeness (QED) is 0.455. The lowest BCUT2D eigenvalue weighted by atomic mass is 10.1. The zero-order chi connectivity index (χ0) is 23.6. The number of pyridine rings is 1. The number of carbonyl (C=O) groups excluding carboxylic acids is 1. The third-order valence-corrected chi connectivity index (χ3v) is 4.76. The zero-order valence-electron chi connectivity index (χ0n) is 17.6. The fraction of sp³-hybridized carbons (Fsp3) is 0.130. The molecule has 0 unspecified atom stereocenters. The molecule has 0 radical (unpaired) electrons. The van der Waals surface area contributed by atoms with Crippen molar-refractivity contribution in [2.45, 2.75) is 20.2 Å². The lowest BCUT2D eigenvalue weighted by Crippen LogP contribution is -2.17. The van der Waals surface area contributed by atoms with Gasteiger partial charge in [-0.3, -0.25) is 15.1 Å². The number of rotatable bonds is 5. The average molecular weight is 453 g/mol. The number of hydrogen-bond donors (Lipinski definition) is 1. The van der Waals surface area contributed by atoms with Crippen LogP contribution >= 0.6 is 0 Å². The molecule has 2 aromatic carbocycles. The Morgan fingerprint density at radius 2 is 1.67 bits per heavy atom. The largest absolute Gasteiger partial charge is 0.573 e. The first-order chi connectivity index (χ1) is 15.7. The van der Waals surface area contributed by atoms with Gasteiger partial charge in [-0.15, -0.1) is 18.3 Å². The number of nitrogens with zero attached hydrogens (tertiary/aromatic N) is 4. The van der Waals surface area contributed by atoms with Crippen LogP contribution in [-0.2, 0) is 0 Å². The summed E-state index contributed by atoms with van der Waals surface area (Å²) < 4.78 is 42.7. The molecule has 168 valence electrons.